The number of nitrogens with one attached hydrogen (secondary N) is 1. The van der Waals surface area contributed by atoms with Crippen molar-refractivity contribution in [3.8, 4) is 0 Å². The van der Waals surface area contributed by atoms with Gasteiger partial charge in [0.1, 0.15) is 16.9 Å². The van der Waals surface area contributed by atoms with E-state index in [1.165, 1.54) is 29.2 Å². The second-order valence-electron chi connectivity index (χ2n) is 10.8. The molecule has 6 rings (SSSR count). The summed E-state index contributed by atoms with van der Waals surface area (Å²) in [5.41, 5.74) is 1.18. The molecular weight excluding hydrogens is 538 g/mol. The highest BCUT2D eigenvalue weighted by atomic mass is 16.6. The fraction of sp³-hybridized carbons (Fsp3) is 0.281. The second kappa shape index (κ2) is 10.2. The molecule has 2 aliphatic heterocycles. The van der Waals surface area contributed by atoms with Gasteiger partial charge in [0.25, 0.3) is 5.69 Å². The number of anilines is 1. The summed E-state index contributed by atoms with van der Waals surface area (Å²) in [5, 5.41) is 26.0. The van der Waals surface area contributed by atoms with E-state index in [-0.39, 0.29) is 12.1 Å². The van der Waals surface area contributed by atoms with Gasteiger partial charge in [-0.25, -0.2) is 4.90 Å². The Kier molecular flexibility index (Phi) is 6.65. The van der Waals surface area contributed by atoms with E-state index in [1.54, 1.807) is 12.1 Å². The number of imide groups is 1. The average molecular weight is 568 g/mol. The third-order valence-corrected chi connectivity index (χ3v) is 8.61. The lowest BCUT2D eigenvalue weighted by Gasteiger charge is -2.31. The van der Waals surface area contributed by atoms with Gasteiger partial charge in [0.05, 0.1) is 28.5 Å². The third kappa shape index (κ3) is 4.09. The number of carboxylic acids is 1. The lowest BCUT2D eigenvalue weighted by atomic mass is 9.76. The number of carboxylic acid groups (broad SMARTS) is 1. The van der Waals surface area contributed by atoms with Gasteiger partial charge in [-0.1, -0.05) is 62.4 Å². The normalized spacial score (nSPS) is 23.5. The number of para-hydroxylation sites is 2. The number of carbonyl (C=O) groups excluding carboxylic acids is 2. The monoisotopic (exact) mass is 567 g/mol. The minimum Gasteiger partial charge on any atom is -0.480 e. The van der Waals surface area contributed by atoms with Gasteiger partial charge in [-0.15, -0.1) is 0 Å². The van der Waals surface area contributed by atoms with Crippen molar-refractivity contribution in [2.24, 2.45) is 11.8 Å². The summed E-state index contributed by atoms with van der Waals surface area (Å²) < 4.78 is 6.13. The lowest BCUT2D eigenvalue weighted by Crippen LogP contribution is -2.57. The van der Waals surface area contributed by atoms with Crippen molar-refractivity contribution >= 4 is 40.1 Å². The number of furan rings is 1. The number of non-ortho nitro benzene ring substituents is 1. The van der Waals surface area contributed by atoms with Crippen LogP contribution in [0.5, 0.6) is 0 Å². The first-order valence-corrected chi connectivity index (χ1v) is 13.9. The van der Waals surface area contributed by atoms with Crippen LogP contribution < -0.4 is 10.2 Å². The molecule has 3 aromatic carbocycles. The van der Waals surface area contributed by atoms with Gasteiger partial charge in [-0.2, -0.15) is 0 Å². The Balaban J connectivity index is 1.52. The number of fused-ring (bicyclic) bond motifs is 2. The van der Waals surface area contributed by atoms with Gasteiger partial charge in [0.2, 0.25) is 11.8 Å². The molecule has 10 nitrogen and oxygen atoms in total. The number of hydrogen-bond donors (Lipinski definition) is 2. The van der Waals surface area contributed by atoms with Crippen molar-refractivity contribution in [2.45, 2.75) is 44.7 Å². The molecule has 2 amide bonds. The molecule has 2 aliphatic rings. The lowest BCUT2D eigenvalue weighted by molar-refractivity contribution is -0.384. The van der Waals surface area contributed by atoms with Gasteiger partial charge in [-0.05, 0) is 41.7 Å². The van der Waals surface area contributed by atoms with Crippen LogP contribution in [0.3, 0.4) is 0 Å². The van der Waals surface area contributed by atoms with E-state index in [0.29, 0.717) is 35.4 Å². The van der Waals surface area contributed by atoms with Gasteiger partial charge in [-0.3, -0.25) is 29.8 Å². The number of rotatable bonds is 8. The van der Waals surface area contributed by atoms with Crippen LogP contribution in [-0.2, 0) is 33.6 Å². The molecule has 0 saturated carbocycles. The molecule has 1 aromatic heterocycles. The van der Waals surface area contributed by atoms with Crippen LogP contribution in [0.25, 0.3) is 11.0 Å². The zero-order valence-electron chi connectivity index (χ0n) is 23.1. The molecule has 0 bridgehead atoms. The van der Waals surface area contributed by atoms with Crippen LogP contribution in [0.1, 0.15) is 42.3 Å². The van der Waals surface area contributed by atoms with Crippen molar-refractivity contribution < 1.29 is 28.8 Å². The molecule has 0 spiro atoms. The maximum absolute atomic E-state index is 14.4. The Labute approximate surface area is 241 Å². The maximum atomic E-state index is 14.4. The molecule has 42 heavy (non-hydrogen) atoms. The zero-order valence-corrected chi connectivity index (χ0v) is 23.1. The van der Waals surface area contributed by atoms with Crippen LogP contribution >= 0.6 is 0 Å². The molecule has 4 atom stereocenters. The smallest absolute Gasteiger partial charge is 0.325 e. The quantitative estimate of drug-likeness (QED) is 0.172. The van der Waals surface area contributed by atoms with E-state index in [0.717, 1.165) is 16.5 Å². The Morgan fingerprint density at radius 2 is 1.67 bits per heavy atom. The summed E-state index contributed by atoms with van der Waals surface area (Å²) in [6, 6.07) is 19.4. The van der Waals surface area contributed by atoms with Gasteiger partial charge < -0.3 is 9.52 Å². The predicted molar refractivity (Wildman–Crippen MR) is 154 cm³/mol. The number of nitrogens with zero attached hydrogens (tertiary/aromatic N) is 2. The maximum Gasteiger partial charge on any atom is 0.325 e. The first-order valence-electron chi connectivity index (χ1n) is 13.9. The van der Waals surface area contributed by atoms with E-state index in [9.17, 15) is 29.6 Å². The van der Waals surface area contributed by atoms with Gasteiger partial charge in [0, 0.05) is 23.9 Å². The first-order chi connectivity index (χ1) is 20.2. The van der Waals surface area contributed by atoms with E-state index in [1.807, 2.05) is 50.2 Å². The summed E-state index contributed by atoms with van der Waals surface area (Å²) in [6.07, 6.45) is 0.975. The van der Waals surface area contributed by atoms with Crippen LogP contribution in [0.2, 0.25) is 0 Å². The third-order valence-electron chi connectivity index (χ3n) is 8.61. The van der Waals surface area contributed by atoms with Crippen LogP contribution in [0.15, 0.2) is 77.2 Å². The summed E-state index contributed by atoms with van der Waals surface area (Å²) in [7, 11) is 0. The minimum atomic E-state index is -1.89. The molecule has 0 aliphatic carbocycles. The number of carbonyl (C=O) groups is 3. The second-order valence-corrected chi connectivity index (χ2v) is 10.8. The van der Waals surface area contributed by atoms with Gasteiger partial charge in [0.15, 0.2) is 0 Å². The van der Waals surface area contributed by atoms with Crippen molar-refractivity contribution in [3.05, 3.63) is 105 Å². The summed E-state index contributed by atoms with van der Waals surface area (Å²) >= 11 is 0. The highest BCUT2D eigenvalue weighted by molar-refractivity contribution is 6.25. The van der Waals surface area contributed by atoms with E-state index < -0.39 is 46.1 Å². The SMILES string of the molecule is CCc1cccc(CC)c1N1C(=O)C2C(c3cc4ccccc4o3)NC(Cc3ccc([N+](=O)[O-])cc3)(C(=O)O)C2C1=O. The fourth-order valence-electron chi connectivity index (χ4n) is 6.62. The Morgan fingerprint density at radius 3 is 2.26 bits per heavy atom. The minimum absolute atomic E-state index is 0.137. The Bertz CT molecular complexity index is 1690. The largest absolute Gasteiger partial charge is 0.480 e. The molecule has 3 heterocycles. The zero-order chi connectivity index (χ0) is 29.8. The van der Waals surface area contributed by atoms with E-state index in [2.05, 4.69) is 5.32 Å². The van der Waals surface area contributed by atoms with Crippen LogP contribution in [0.4, 0.5) is 11.4 Å². The summed E-state index contributed by atoms with van der Waals surface area (Å²) in [4.78, 5) is 53.9. The number of aryl methyl sites for hydroxylation is 2. The standard InChI is InChI=1S/C32H29N3O7/c1-3-19-9-7-10-20(4-2)28(19)34-29(36)25-26(30(34)37)32(31(38)39,17-18-12-14-22(15-13-18)35(40)41)33-27(25)24-16-21-8-5-6-11-23(21)42-24/h5-16,25-27,33H,3-4,17H2,1-2H3,(H,38,39). The molecule has 4 unspecified atom stereocenters. The number of nitro benzene ring substituents is 1. The molecule has 2 N–H and O–H groups in total. The highest BCUT2D eigenvalue weighted by Gasteiger charge is 2.69. The van der Waals surface area contributed by atoms with Crippen molar-refractivity contribution in [1.29, 1.82) is 0 Å². The first kappa shape index (κ1) is 27.3. The number of amides is 2. The van der Waals surface area contributed by atoms with Gasteiger partial charge >= 0.3 is 5.97 Å². The molecule has 4 aromatic rings. The van der Waals surface area contributed by atoms with E-state index in [4.69, 9.17) is 4.42 Å². The predicted octanol–water partition coefficient (Wildman–Crippen LogP) is 4.98. The molecule has 2 fully saturated rings. The Morgan fingerprint density at radius 1 is 1.00 bits per heavy atom. The van der Waals surface area contributed by atoms with Crippen LogP contribution in [0, 0.1) is 22.0 Å². The van der Waals surface area contributed by atoms with E-state index >= 15 is 0 Å². The van der Waals surface area contributed by atoms with Crippen LogP contribution in [-0.4, -0.2) is 33.4 Å². The number of aliphatic carboxylic acids is 1. The molecule has 0 radical (unpaired) electrons. The topological polar surface area (TPSA) is 143 Å². The molecular formula is C32H29N3O7. The number of nitro groups is 1. The molecule has 10 heteroatoms. The number of hydrogen-bond acceptors (Lipinski definition) is 7. The molecule has 214 valence electrons. The average Bonchev–Trinajstić information content (AvgIpc) is 3.64. The highest BCUT2D eigenvalue weighted by Crippen LogP contribution is 2.52. The Hall–Kier alpha value is -4.83. The van der Waals surface area contributed by atoms with Crippen molar-refractivity contribution in [1.82, 2.24) is 5.32 Å². The summed E-state index contributed by atoms with van der Waals surface area (Å²) in [6.45, 7) is 3.89. The fourth-order valence-corrected chi connectivity index (χ4v) is 6.62. The number of benzene rings is 3. The van der Waals surface area contributed by atoms with Crippen molar-refractivity contribution in [3.63, 3.8) is 0 Å². The summed E-state index contributed by atoms with van der Waals surface area (Å²) in [5.74, 6) is -4.31. The molecule has 2 saturated heterocycles. The van der Waals surface area contributed by atoms with Crippen molar-refractivity contribution in [2.75, 3.05) is 4.90 Å².